The molecule has 0 saturated carbocycles. The lowest BCUT2D eigenvalue weighted by Crippen LogP contribution is -2.10. The number of para-hydroxylation sites is 1. The maximum absolute atomic E-state index is 5.84. The zero-order valence-corrected chi connectivity index (χ0v) is 9.08. The maximum Gasteiger partial charge on any atom is 0.145 e. The normalized spacial score (nSPS) is 15.6. The average molecular weight is 201 g/mol. The van der Waals surface area contributed by atoms with E-state index in [4.69, 9.17) is 4.74 Å². The Labute approximate surface area is 90.3 Å². The fourth-order valence-corrected chi connectivity index (χ4v) is 1.57. The quantitative estimate of drug-likeness (QED) is 0.754. The van der Waals surface area contributed by atoms with Crippen molar-refractivity contribution in [2.24, 2.45) is 0 Å². The Balaban J connectivity index is 2.37. The first kappa shape index (κ1) is 9.84. The molecule has 0 aliphatic carbocycles. The fourth-order valence-electron chi connectivity index (χ4n) is 1.57. The van der Waals surface area contributed by atoms with Crippen molar-refractivity contribution in [2.75, 3.05) is 0 Å². The molecule has 78 valence electrons. The molecule has 2 rings (SSSR count). The summed E-state index contributed by atoms with van der Waals surface area (Å²) >= 11 is 0. The molecule has 0 saturated heterocycles. The van der Waals surface area contributed by atoms with Crippen LogP contribution in [-0.2, 0) is 6.54 Å². The summed E-state index contributed by atoms with van der Waals surface area (Å²) in [6, 6.07) is 8.10. The number of rotatable bonds is 1. The minimum absolute atomic E-state index is 0.822. The molecule has 1 N–H and O–H groups in total. The second-order valence-corrected chi connectivity index (χ2v) is 3.55. The first-order chi connectivity index (χ1) is 7.31. The lowest BCUT2D eigenvalue weighted by Gasteiger charge is -2.07. The number of allylic oxidation sites excluding steroid dienone is 3. The standard InChI is InChI=1S/C13H15NO/c1-3-6-12-10(2)14-9-11-7-4-5-8-13(11)15-12/h3-8,14H,9H2,1-2H3/b6-3-. The van der Waals surface area contributed by atoms with Gasteiger partial charge >= 0.3 is 0 Å². The van der Waals surface area contributed by atoms with Gasteiger partial charge in [-0.1, -0.05) is 24.3 Å². The maximum atomic E-state index is 5.84. The Morgan fingerprint density at radius 1 is 1.33 bits per heavy atom. The summed E-state index contributed by atoms with van der Waals surface area (Å²) in [7, 11) is 0. The van der Waals surface area contributed by atoms with Crippen molar-refractivity contribution in [1.82, 2.24) is 5.32 Å². The molecule has 1 aromatic carbocycles. The van der Waals surface area contributed by atoms with E-state index in [2.05, 4.69) is 11.4 Å². The molecule has 0 aromatic heterocycles. The summed E-state index contributed by atoms with van der Waals surface area (Å²) < 4.78 is 5.84. The smallest absolute Gasteiger partial charge is 0.145 e. The second kappa shape index (κ2) is 4.22. The number of fused-ring (bicyclic) bond motifs is 1. The lowest BCUT2D eigenvalue weighted by atomic mass is 10.2. The second-order valence-electron chi connectivity index (χ2n) is 3.55. The molecule has 1 aliphatic rings. The van der Waals surface area contributed by atoms with Crippen LogP contribution in [0.2, 0.25) is 0 Å². The predicted octanol–water partition coefficient (Wildman–Crippen LogP) is 2.98. The molecule has 0 atom stereocenters. The Morgan fingerprint density at radius 2 is 2.13 bits per heavy atom. The third-order valence-electron chi connectivity index (χ3n) is 2.42. The summed E-state index contributed by atoms with van der Waals surface area (Å²) in [5.41, 5.74) is 2.26. The summed E-state index contributed by atoms with van der Waals surface area (Å²) in [6.07, 6.45) is 3.96. The van der Waals surface area contributed by atoms with Gasteiger partial charge in [-0.05, 0) is 26.0 Å². The largest absolute Gasteiger partial charge is 0.455 e. The molecule has 1 heterocycles. The molecular weight excluding hydrogens is 186 g/mol. The highest BCUT2D eigenvalue weighted by atomic mass is 16.5. The number of nitrogens with one attached hydrogen (secondary N) is 1. The number of hydrogen-bond donors (Lipinski definition) is 1. The van der Waals surface area contributed by atoms with Gasteiger partial charge in [0.1, 0.15) is 11.5 Å². The Bertz CT molecular complexity index is 418. The third-order valence-corrected chi connectivity index (χ3v) is 2.42. The Morgan fingerprint density at radius 3 is 2.93 bits per heavy atom. The van der Waals surface area contributed by atoms with Gasteiger partial charge in [0.2, 0.25) is 0 Å². The van der Waals surface area contributed by atoms with Crippen molar-refractivity contribution in [3.8, 4) is 5.75 Å². The van der Waals surface area contributed by atoms with E-state index in [1.165, 1.54) is 5.56 Å². The van der Waals surface area contributed by atoms with Crippen molar-refractivity contribution < 1.29 is 4.74 Å². The van der Waals surface area contributed by atoms with Crippen LogP contribution < -0.4 is 10.1 Å². The average Bonchev–Trinajstić information content (AvgIpc) is 2.41. The van der Waals surface area contributed by atoms with E-state index in [0.717, 1.165) is 23.8 Å². The van der Waals surface area contributed by atoms with Gasteiger partial charge in [0.05, 0.1) is 5.70 Å². The predicted molar refractivity (Wildman–Crippen MR) is 61.4 cm³/mol. The summed E-state index contributed by atoms with van der Waals surface area (Å²) in [5.74, 6) is 1.83. The molecule has 1 aromatic rings. The highest BCUT2D eigenvalue weighted by Crippen LogP contribution is 2.24. The highest BCUT2D eigenvalue weighted by Gasteiger charge is 2.11. The van der Waals surface area contributed by atoms with Crippen molar-refractivity contribution in [2.45, 2.75) is 20.4 Å². The van der Waals surface area contributed by atoms with Crippen LogP contribution in [-0.4, -0.2) is 0 Å². The van der Waals surface area contributed by atoms with Gasteiger partial charge in [0.15, 0.2) is 0 Å². The molecule has 0 radical (unpaired) electrons. The first-order valence-electron chi connectivity index (χ1n) is 5.14. The SMILES string of the molecule is C/C=C\C1=C(C)NCc2ccccc2O1. The molecule has 1 aliphatic heterocycles. The van der Waals surface area contributed by atoms with Crippen molar-refractivity contribution in [3.05, 3.63) is 53.4 Å². The zero-order valence-electron chi connectivity index (χ0n) is 9.08. The van der Waals surface area contributed by atoms with Gasteiger partial charge in [-0.3, -0.25) is 0 Å². The lowest BCUT2D eigenvalue weighted by molar-refractivity contribution is 0.437. The van der Waals surface area contributed by atoms with Crippen molar-refractivity contribution in [1.29, 1.82) is 0 Å². The van der Waals surface area contributed by atoms with Crippen LogP contribution in [0.15, 0.2) is 47.9 Å². The first-order valence-corrected chi connectivity index (χ1v) is 5.14. The van der Waals surface area contributed by atoms with Crippen LogP contribution in [0.4, 0.5) is 0 Å². The van der Waals surface area contributed by atoms with E-state index < -0.39 is 0 Å². The van der Waals surface area contributed by atoms with Crippen molar-refractivity contribution in [3.63, 3.8) is 0 Å². The molecule has 0 amide bonds. The van der Waals surface area contributed by atoms with Crippen LogP contribution in [0.25, 0.3) is 0 Å². The van der Waals surface area contributed by atoms with Crippen LogP contribution >= 0.6 is 0 Å². The van der Waals surface area contributed by atoms with Crippen LogP contribution in [0, 0.1) is 0 Å². The van der Waals surface area contributed by atoms with Crippen LogP contribution in [0.1, 0.15) is 19.4 Å². The van der Waals surface area contributed by atoms with E-state index in [1.807, 2.05) is 44.2 Å². The Hall–Kier alpha value is -1.70. The molecule has 0 fully saturated rings. The number of ether oxygens (including phenoxy) is 1. The minimum Gasteiger partial charge on any atom is -0.455 e. The number of benzene rings is 1. The van der Waals surface area contributed by atoms with Gasteiger partial charge in [-0.15, -0.1) is 0 Å². The van der Waals surface area contributed by atoms with Gasteiger partial charge in [0.25, 0.3) is 0 Å². The van der Waals surface area contributed by atoms with E-state index in [0.29, 0.717) is 0 Å². The van der Waals surface area contributed by atoms with Gasteiger partial charge in [-0.2, -0.15) is 0 Å². The molecule has 0 spiro atoms. The van der Waals surface area contributed by atoms with Gasteiger partial charge in [0, 0.05) is 12.1 Å². The van der Waals surface area contributed by atoms with E-state index in [-0.39, 0.29) is 0 Å². The molecule has 15 heavy (non-hydrogen) atoms. The van der Waals surface area contributed by atoms with Gasteiger partial charge in [-0.25, -0.2) is 0 Å². The molecule has 2 nitrogen and oxygen atoms in total. The minimum atomic E-state index is 0.822. The van der Waals surface area contributed by atoms with Crippen LogP contribution in [0.5, 0.6) is 5.75 Å². The zero-order chi connectivity index (χ0) is 10.7. The molecule has 2 heteroatoms. The molecular formula is C13H15NO. The molecule has 0 unspecified atom stereocenters. The summed E-state index contributed by atoms with van der Waals surface area (Å²) in [6.45, 7) is 4.84. The fraction of sp³-hybridized carbons (Fsp3) is 0.231. The van der Waals surface area contributed by atoms with E-state index in [9.17, 15) is 0 Å². The topological polar surface area (TPSA) is 21.3 Å². The molecule has 0 bridgehead atoms. The number of hydrogen-bond acceptors (Lipinski definition) is 2. The monoisotopic (exact) mass is 201 g/mol. The summed E-state index contributed by atoms with van der Waals surface area (Å²) in [5, 5.41) is 3.34. The highest BCUT2D eigenvalue weighted by molar-refractivity contribution is 5.38. The summed E-state index contributed by atoms with van der Waals surface area (Å²) in [4.78, 5) is 0. The van der Waals surface area contributed by atoms with Crippen LogP contribution in [0.3, 0.4) is 0 Å². The third kappa shape index (κ3) is 2.04. The van der Waals surface area contributed by atoms with Crippen molar-refractivity contribution >= 4 is 0 Å². The van der Waals surface area contributed by atoms with Gasteiger partial charge < -0.3 is 10.1 Å². The van der Waals surface area contributed by atoms with E-state index >= 15 is 0 Å². The Kier molecular flexibility index (Phi) is 2.77. The van der Waals surface area contributed by atoms with E-state index in [1.54, 1.807) is 0 Å².